The largest absolute Gasteiger partial charge is 0.379 e. The molecule has 0 radical (unpaired) electrons. The second kappa shape index (κ2) is 19.8. The molecule has 1 aliphatic rings. The van der Waals surface area contributed by atoms with Crippen molar-refractivity contribution in [2.24, 2.45) is 0 Å². The predicted octanol–water partition coefficient (Wildman–Crippen LogP) is 0.735. The molecule has 0 aromatic carbocycles. The number of nitrogens with zero attached hydrogens (tertiary/aromatic N) is 1. The maximum atomic E-state index is 11.7. The zero-order chi connectivity index (χ0) is 23.3. The second-order valence-corrected chi connectivity index (χ2v) is 6.16. The van der Waals surface area contributed by atoms with Crippen molar-refractivity contribution >= 4 is 23.5 Å². The van der Waals surface area contributed by atoms with Crippen LogP contribution < -0.4 is 5.32 Å². The summed E-state index contributed by atoms with van der Waals surface area (Å²) in [5.41, 5.74) is 0. The second-order valence-electron chi connectivity index (χ2n) is 6.16. The lowest BCUT2D eigenvalue weighted by molar-refractivity contribution is -0.137. The lowest BCUT2D eigenvalue weighted by Gasteiger charge is -2.13. The molecule has 0 aliphatic carbocycles. The van der Waals surface area contributed by atoms with Gasteiger partial charge in [-0.15, -0.1) is 0 Å². The monoisotopic (exact) mass is 446 g/mol. The van der Waals surface area contributed by atoms with Crippen molar-refractivity contribution in [1.82, 2.24) is 10.2 Å². The van der Waals surface area contributed by atoms with Crippen molar-refractivity contribution in [1.29, 1.82) is 0 Å². The summed E-state index contributed by atoms with van der Waals surface area (Å²) in [5.74, 6) is -0.932. The van der Waals surface area contributed by atoms with Crippen molar-refractivity contribution in [3.05, 3.63) is 12.2 Å². The Balaban J connectivity index is 0. The molecule has 0 spiro atoms. The fraction of sp³-hybridized carbons (Fsp3) is 0.714. The molecule has 0 fully saturated rings. The number of amides is 3. The minimum Gasteiger partial charge on any atom is -0.379 e. The Morgan fingerprint density at radius 3 is 1.74 bits per heavy atom. The maximum absolute atomic E-state index is 11.7. The Morgan fingerprint density at radius 1 is 0.806 bits per heavy atom. The summed E-state index contributed by atoms with van der Waals surface area (Å²) in [7, 11) is 0. The van der Waals surface area contributed by atoms with Crippen molar-refractivity contribution in [3.63, 3.8) is 0 Å². The van der Waals surface area contributed by atoms with Crippen LogP contribution in [0.15, 0.2) is 12.2 Å². The molecule has 1 aliphatic heterocycles. The standard InChI is InChI=1S/C19H30N2O8.C2H6.H2/c1-16(22)5-8-26-10-12-28-14-15-29-13-11-27-9-6-20-17(23)4-7-21-18(24)2-3-19(21)25;1-2;/h2-3H,4-15H2,1H3,(H,20,23);1-2H3;1H. The number of Topliss-reactive ketones (excluding diaryl/α,β-unsaturated/α-hetero) is 1. The van der Waals surface area contributed by atoms with Crippen molar-refractivity contribution in [2.75, 3.05) is 65.9 Å². The molecule has 1 heterocycles. The summed E-state index contributed by atoms with van der Waals surface area (Å²) in [4.78, 5) is 46.1. The minimum absolute atomic E-state index is 0. The number of ether oxygens (including phenoxy) is 4. The van der Waals surface area contributed by atoms with Gasteiger partial charge in [0, 0.05) is 39.5 Å². The summed E-state index contributed by atoms with van der Waals surface area (Å²) in [6, 6.07) is 0. The van der Waals surface area contributed by atoms with Crippen LogP contribution in [0.3, 0.4) is 0 Å². The van der Waals surface area contributed by atoms with Crippen LogP contribution in [0.1, 0.15) is 35.0 Å². The molecule has 10 nitrogen and oxygen atoms in total. The lowest BCUT2D eigenvalue weighted by Crippen LogP contribution is -2.35. The van der Waals surface area contributed by atoms with Gasteiger partial charge in [-0.25, -0.2) is 0 Å². The summed E-state index contributed by atoms with van der Waals surface area (Å²) in [6.45, 7) is 9.29. The van der Waals surface area contributed by atoms with Gasteiger partial charge in [-0.2, -0.15) is 0 Å². The first-order chi connectivity index (χ1) is 15.0. The van der Waals surface area contributed by atoms with E-state index < -0.39 is 11.8 Å². The first kappa shape index (κ1) is 28.9. The summed E-state index contributed by atoms with van der Waals surface area (Å²) in [6.07, 6.45) is 2.86. The van der Waals surface area contributed by atoms with Crippen LogP contribution in [0.25, 0.3) is 0 Å². The predicted molar refractivity (Wildman–Crippen MR) is 116 cm³/mol. The Kier molecular flexibility index (Phi) is 18.4. The number of ketones is 1. The van der Waals surface area contributed by atoms with Crippen LogP contribution >= 0.6 is 0 Å². The molecule has 1 N–H and O–H groups in total. The van der Waals surface area contributed by atoms with E-state index in [-0.39, 0.29) is 26.1 Å². The third kappa shape index (κ3) is 16.3. The van der Waals surface area contributed by atoms with Gasteiger partial charge in [-0.3, -0.25) is 24.1 Å². The van der Waals surface area contributed by atoms with E-state index in [2.05, 4.69) is 5.32 Å². The van der Waals surface area contributed by atoms with Gasteiger partial charge in [0.05, 0.1) is 52.9 Å². The molecule has 3 amide bonds. The van der Waals surface area contributed by atoms with Crippen LogP contribution in [0.4, 0.5) is 0 Å². The molecule has 31 heavy (non-hydrogen) atoms. The van der Waals surface area contributed by atoms with Gasteiger partial charge in [0.25, 0.3) is 11.8 Å². The van der Waals surface area contributed by atoms with Crippen molar-refractivity contribution in [3.8, 4) is 0 Å². The van der Waals surface area contributed by atoms with Gasteiger partial charge >= 0.3 is 0 Å². The van der Waals surface area contributed by atoms with Crippen LogP contribution in [0.2, 0.25) is 0 Å². The van der Waals surface area contributed by atoms with Crippen LogP contribution in [0.5, 0.6) is 0 Å². The Morgan fingerprint density at radius 2 is 1.26 bits per heavy atom. The summed E-state index contributed by atoms with van der Waals surface area (Å²) >= 11 is 0. The molecular formula is C21H38N2O8. The SMILES string of the molecule is CC.CC(=O)CCOCCOCCOCCOCCNC(=O)CCN1C(=O)C=CC1=O.[HH]. The first-order valence-electron chi connectivity index (χ1n) is 10.6. The highest BCUT2D eigenvalue weighted by molar-refractivity contribution is 6.13. The number of rotatable bonds is 18. The number of hydrogen-bond donors (Lipinski definition) is 1. The third-order valence-corrected chi connectivity index (χ3v) is 3.75. The van der Waals surface area contributed by atoms with Crippen molar-refractivity contribution in [2.45, 2.75) is 33.6 Å². The van der Waals surface area contributed by atoms with Crippen molar-refractivity contribution < 1.29 is 39.6 Å². The third-order valence-electron chi connectivity index (χ3n) is 3.75. The fourth-order valence-corrected chi connectivity index (χ4v) is 2.19. The average Bonchev–Trinajstić information content (AvgIpc) is 3.08. The molecule has 0 saturated heterocycles. The van der Waals surface area contributed by atoms with E-state index in [4.69, 9.17) is 18.9 Å². The van der Waals surface area contributed by atoms with E-state index in [9.17, 15) is 19.2 Å². The topological polar surface area (TPSA) is 120 Å². The van der Waals surface area contributed by atoms with E-state index in [1.165, 1.54) is 19.1 Å². The molecular weight excluding hydrogens is 408 g/mol. The first-order valence-corrected chi connectivity index (χ1v) is 10.6. The summed E-state index contributed by atoms with van der Waals surface area (Å²) in [5, 5.41) is 2.66. The van der Waals surface area contributed by atoms with E-state index in [0.29, 0.717) is 65.8 Å². The highest BCUT2D eigenvalue weighted by atomic mass is 16.6. The van der Waals surface area contributed by atoms with Gasteiger partial charge in [0.1, 0.15) is 5.78 Å². The molecule has 0 saturated carbocycles. The van der Waals surface area contributed by atoms with Crippen LogP contribution in [0, 0.1) is 0 Å². The quantitative estimate of drug-likeness (QED) is 0.242. The summed E-state index contributed by atoms with van der Waals surface area (Å²) < 4.78 is 21.2. The van der Waals surface area contributed by atoms with Gasteiger partial charge < -0.3 is 24.3 Å². The maximum Gasteiger partial charge on any atom is 0.253 e. The van der Waals surface area contributed by atoms with Gasteiger partial charge in [0.2, 0.25) is 5.91 Å². The normalized spacial score (nSPS) is 12.7. The van der Waals surface area contributed by atoms with E-state index >= 15 is 0 Å². The molecule has 10 heteroatoms. The Hall–Kier alpha value is -2.14. The highest BCUT2D eigenvalue weighted by Gasteiger charge is 2.23. The molecule has 0 unspecified atom stereocenters. The smallest absolute Gasteiger partial charge is 0.253 e. The van der Waals surface area contributed by atoms with E-state index in [1.807, 2.05) is 13.8 Å². The Bertz CT molecular complexity index is 554. The number of hydrogen-bond acceptors (Lipinski definition) is 8. The zero-order valence-corrected chi connectivity index (χ0v) is 18.9. The number of nitrogens with one attached hydrogen (secondary N) is 1. The average molecular weight is 447 g/mol. The molecule has 0 atom stereocenters. The van der Waals surface area contributed by atoms with E-state index in [1.54, 1.807) is 0 Å². The molecule has 0 aromatic rings. The molecule has 0 aromatic heterocycles. The zero-order valence-electron chi connectivity index (χ0n) is 18.9. The fourth-order valence-electron chi connectivity index (χ4n) is 2.19. The highest BCUT2D eigenvalue weighted by Crippen LogP contribution is 2.03. The van der Waals surface area contributed by atoms with Gasteiger partial charge in [-0.1, -0.05) is 13.8 Å². The van der Waals surface area contributed by atoms with Gasteiger partial charge in [0.15, 0.2) is 0 Å². The molecule has 180 valence electrons. The lowest BCUT2D eigenvalue weighted by atomic mass is 10.3. The number of carbonyl (C=O) groups is 4. The molecule has 0 bridgehead atoms. The van der Waals surface area contributed by atoms with Gasteiger partial charge in [-0.05, 0) is 6.92 Å². The Labute approximate surface area is 185 Å². The number of carbonyl (C=O) groups excluding carboxylic acids is 4. The van der Waals surface area contributed by atoms with E-state index in [0.717, 1.165) is 4.90 Å². The van der Waals surface area contributed by atoms with Crippen LogP contribution in [-0.4, -0.2) is 94.3 Å². The molecule has 1 rings (SSSR count). The number of imide groups is 1. The minimum atomic E-state index is -0.394. The van der Waals surface area contributed by atoms with Crippen LogP contribution in [-0.2, 0) is 38.1 Å².